The summed E-state index contributed by atoms with van der Waals surface area (Å²) < 4.78 is 0. The van der Waals surface area contributed by atoms with Crippen LogP contribution in [0.2, 0.25) is 0 Å². The molecule has 0 spiro atoms. The molecule has 0 heterocycles. The zero-order valence-corrected chi connectivity index (χ0v) is 10.8. The third-order valence-corrected chi connectivity index (χ3v) is 1.72. The van der Waals surface area contributed by atoms with Crippen molar-refractivity contribution < 1.29 is 15.0 Å². The first-order chi connectivity index (χ1) is 6.93. The summed E-state index contributed by atoms with van der Waals surface area (Å²) in [7, 11) is 0. The van der Waals surface area contributed by atoms with Gasteiger partial charge in [-0.1, -0.05) is 20.8 Å². The van der Waals surface area contributed by atoms with Gasteiger partial charge in [-0.25, -0.2) is 4.79 Å². The van der Waals surface area contributed by atoms with Crippen LogP contribution in [0.4, 0.5) is 0 Å². The Kier molecular flexibility index (Phi) is 4.29. The van der Waals surface area contributed by atoms with Crippen LogP contribution >= 0.6 is 0 Å². The molecule has 0 aliphatic rings. The van der Waals surface area contributed by atoms with Crippen molar-refractivity contribution in [2.75, 3.05) is 0 Å². The summed E-state index contributed by atoms with van der Waals surface area (Å²) >= 11 is 0. The van der Waals surface area contributed by atoms with E-state index in [9.17, 15) is 9.90 Å². The maximum Gasteiger partial charge on any atom is 0.354 e. The molecule has 92 valence electrons. The third-order valence-electron chi connectivity index (χ3n) is 1.72. The van der Waals surface area contributed by atoms with Gasteiger partial charge in [-0.3, -0.25) is 4.99 Å². The lowest BCUT2D eigenvalue weighted by molar-refractivity contribution is -0.129. The minimum Gasteiger partial charge on any atom is -0.512 e. The van der Waals surface area contributed by atoms with Gasteiger partial charge < -0.3 is 10.2 Å². The summed E-state index contributed by atoms with van der Waals surface area (Å²) in [5.41, 5.74) is -1.09. The molecule has 0 atom stereocenters. The van der Waals surface area contributed by atoms with Crippen LogP contribution in [0.5, 0.6) is 0 Å². The standard InChI is InChI=1S/C12H21NO3/c1-11(2,3)9(14)7-8(10(15)16)13-12(4,5)6/h7,14H,1-6H3,(H,15,16)/b9-7+,13-8+. The fraction of sp³-hybridized carbons (Fsp3) is 0.667. The molecule has 0 bridgehead atoms. The van der Waals surface area contributed by atoms with Crippen LogP contribution in [0.3, 0.4) is 0 Å². The van der Waals surface area contributed by atoms with Gasteiger partial charge in [0, 0.05) is 11.5 Å². The Labute approximate surface area is 96.7 Å². The summed E-state index contributed by atoms with van der Waals surface area (Å²) in [5.74, 6) is -1.12. The van der Waals surface area contributed by atoms with Gasteiger partial charge in [0.1, 0.15) is 5.71 Å². The average Bonchev–Trinajstić information content (AvgIpc) is 1.98. The molecule has 0 aromatic carbocycles. The number of nitrogens with zero attached hydrogens (tertiary/aromatic N) is 1. The van der Waals surface area contributed by atoms with Gasteiger partial charge in [-0.2, -0.15) is 0 Å². The Balaban J connectivity index is 5.30. The molecule has 0 aromatic rings. The Morgan fingerprint density at radius 3 is 1.75 bits per heavy atom. The first kappa shape index (κ1) is 14.7. The monoisotopic (exact) mass is 227 g/mol. The molecule has 0 saturated carbocycles. The summed E-state index contributed by atoms with van der Waals surface area (Å²) in [6, 6.07) is 0. The van der Waals surface area contributed by atoms with Gasteiger partial charge in [0.15, 0.2) is 0 Å². The number of aliphatic hydroxyl groups is 1. The van der Waals surface area contributed by atoms with E-state index in [1.54, 1.807) is 41.5 Å². The second-order valence-corrected chi connectivity index (χ2v) is 5.75. The molecule has 2 N–H and O–H groups in total. The molecule has 4 heteroatoms. The number of carboxylic acid groups (broad SMARTS) is 1. The average molecular weight is 227 g/mol. The Bertz CT molecular complexity index is 327. The second-order valence-electron chi connectivity index (χ2n) is 5.75. The molecule has 0 amide bonds. The van der Waals surface area contributed by atoms with Crippen LogP contribution in [-0.2, 0) is 4.79 Å². The number of carbonyl (C=O) groups is 1. The third kappa shape index (κ3) is 5.53. The maximum absolute atomic E-state index is 11.0. The van der Waals surface area contributed by atoms with Gasteiger partial charge >= 0.3 is 5.97 Å². The van der Waals surface area contributed by atoms with E-state index in [-0.39, 0.29) is 11.5 Å². The van der Waals surface area contributed by atoms with Crippen molar-refractivity contribution in [3.63, 3.8) is 0 Å². The Morgan fingerprint density at radius 1 is 1.06 bits per heavy atom. The van der Waals surface area contributed by atoms with Crippen LogP contribution in [0.25, 0.3) is 0 Å². The molecule has 0 aliphatic carbocycles. The van der Waals surface area contributed by atoms with Crippen LogP contribution in [-0.4, -0.2) is 27.4 Å². The summed E-state index contributed by atoms with van der Waals surface area (Å²) in [6.45, 7) is 10.8. The van der Waals surface area contributed by atoms with Gasteiger partial charge in [-0.15, -0.1) is 0 Å². The molecule has 0 aromatic heterocycles. The van der Waals surface area contributed by atoms with E-state index < -0.39 is 16.9 Å². The van der Waals surface area contributed by atoms with E-state index in [1.807, 2.05) is 0 Å². The molecule has 0 saturated heterocycles. The van der Waals surface area contributed by atoms with Crippen molar-refractivity contribution >= 4 is 11.7 Å². The van der Waals surface area contributed by atoms with Gasteiger partial charge in [0.2, 0.25) is 0 Å². The second kappa shape index (κ2) is 4.68. The highest BCUT2D eigenvalue weighted by Crippen LogP contribution is 2.22. The van der Waals surface area contributed by atoms with Crippen molar-refractivity contribution in [1.82, 2.24) is 0 Å². The minimum atomic E-state index is -1.13. The predicted molar refractivity (Wildman–Crippen MR) is 65.0 cm³/mol. The van der Waals surface area contributed by atoms with E-state index in [2.05, 4.69) is 4.99 Å². The normalized spacial score (nSPS) is 15.1. The van der Waals surface area contributed by atoms with E-state index in [0.717, 1.165) is 0 Å². The molecular weight excluding hydrogens is 206 g/mol. The lowest BCUT2D eigenvalue weighted by atomic mass is 9.93. The van der Waals surface area contributed by atoms with Crippen molar-refractivity contribution in [2.24, 2.45) is 10.4 Å². The predicted octanol–water partition coefficient (Wildman–Crippen LogP) is 2.80. The van der Waals surface area contributed by atoms with Gasteiger partial charge in [0.25, 0.3) is 0 Å². The van der Waals surface area contributed by atoms with E-state index in [0.29, 0.717) is 0 Å². The zero-order chi connectivity index (χ0) is 13.1. The molecule has 4 nitrogen and oxygen atoms in total. The van der Waals surface area contributed by atoms with Crippen LogP contribution < -0.4 is 0 Å². The fourth-order valence-electron chi connectivity index (χ4n) is 0.849. The molecule has 0 unspecified atom stereocenters. The van der Waals surface area contributed by atoms with E-state index >= 15 is 0 Å². The number of aliphatic carboxylic acids is 1. The lowest BCUT2D eigenvalue weighted by Crippen LogP contribution is -2.21. The van der Waals surface area contributed by atoms with Crippen LogP contribution in [0, 0.1) is 5.41 Å². The summed E-state index contributed by atoms with van der Waals surface area (Å²) in [5, 5.41) is 18.7. The quantitative estimate of drug-likeness (QED) is 0.563. The number of rotatable bonds is 2. The highest BCUT2D eigenvalue weighted by atomic mass is 16.4. The molecule has 0 radical (unpaired) electrons. The Morgan fingerprint density at radius 2 is 1.50 bits per heavy atom. The highest BCUT2D eigenvalue weighted by Gasteiger charge is 2.20. The van der Waals surface area contributed by atoms with Gasteiger partial charge in [-0.05, 0) is 20.8 Å². The first-order valence-corrected chi connectivity index (χ1v) is 5.18. The van der Waals surface area contributed by atoms with Crippen LogP contribution in [0.15, 0.2) is 16.8 Å². The largest absolute Gasteiger partial charge is 0.512 e. The molecular formula is C12H21NO3. The summed E-state index contributed by atoms with van der Waals surface area (Å²) in [6.07, 6.45) is 1.22. The smallest absolute Gasteiger partial charge is 0.354 e. The number of aliphatic imine (C=N–C) groups is 1. The van der Waals surface area contributed by atoms with Crippen molar-refractivity contribution in [1.29, 1.82) is 0 Å². The lowest BCUT2D eigenvalue weighted by Gasteiger charge is -2.18. The van der Waals surface area contributed by atoms with Crippen LogP contribution in [0.1, 0.15) is 41.5 Å². The number of carboxylic acids is 1. The fourth-order valence-corrected chi connectivity index (χ4v) is 0.849. The highest BCUT2D eigenvalue weighted by molar-refractivity contribution is 6.40. The number of hydrogen-bond donors (Lipinski definition) is 2. The number of allylic oxidation sites excluding steroid dienone is 1. The van der Waals surface area contributed by atoms with Gasteiger partial charge in [0.05, 0.1) is 11.3 Å². The number of hydrogen-bond acceptors (Lipinski definition) is 3. The molecule has 0 rings (SSSR count). The minimum absolute atomic E-state index is 0.0119. The molecule has 0 aliphatic heterocycles. The SMILES string of the molecule is CC(C)(C)/N=C(\C=C(\O)C(C)(C)C)C(=O)O. The first-order valence-electron chi connectivity index (χ1n) is 5.18. The molecule has 16 heavy (non-hydrogen) atoms. The van der Waals surface area contributed by atoms with Crippen molar-refractivity contribution in [3.8, 4) is 0 Å². The topological polar surface area (TPSA) is 69.9 Å². The van der Waals surface area contributed by atoms with Crippen molar-refractivity contribution in [3.05, 3.63) is 11.8 Å². The maximum atomic E-state index is 11.0. The van der Waals surface area contributed by atoms with E-state index in [1.165, 1.54) is 6.08 Å². The zero-order valence-electron chi connectivity index (χ0n) is 10.8. The number of aliphatic hydroxyl groups excluding tert-OH is 1. The summed E-state index contributed by atoms with van der Waals surface area (Å²) in [4.78, 5) is 15.0. The Hall–Kier alpha value is -1.32. The van der Waals surface area contributed by atoms with E-state index in [4.69, 9.17) is 5.11 Å². The van der Waals surface area contributed by atoms with Crippen molar-refractivity contribution in [2.45, 2.75) is 47.1 Å². The molecule has 0 fully saturated rings.